The molecular formula is C30H48. The first-order chi connectivity index (χ1) is 14.5. The lowest BCUT2D eigenvalue weighted by Gasteiger charge is -2.23. The second kappa shape index (κ2) is 9.79. The van der Waals surface area contributed by atoms with Crippen molar-refractivity contribution in [3.63, 3.8) is 0 Å². The molecule has 0 N–H and O–H groups in total. The molecule has 6 rings (SSSR count). The third-order valence-electron chi connectivity index (χ3n) is 10.1. The fourth-order valence-electron chi connectivity index (χ4n) is 8.53. The highest BCUT2D eigenvalue weighted by atomic mass is 14.5. The first-order valence-electron chi connectivity index (χ1n) is 13.5. The highest BCUT2D eigenvalue weighted by Gasteiger charge is 2.43. The van der Waals surface area contributed by atoms with Crippen molar-refractivity contribution < 1.29 is 0 Å². The highest BCUT2D eigenvalue weighted by Crippen LogP contribution is 2.52. The van der Waals surface area contributed by atoms with Crippen molar-refractivity contribution in [1.29, 1.82) is 0 Å². The van der Waals surface area contributed by atoms with Gasteiger partial charge in [-0.25, -0.2) is 0 Å². The van der Waals surface area contributed by atoms with Crippen LogP contribution < -0.4 is 0 Å². The van der Waals surface area contributed by atoms with E-state index in [1.165, 1.54) is 64.2 Å². The van der Waals surface area contributed by atoms with Crippen molar-refractivity contribution in [3.05, 3.63) is 37.5 Å². The summed E-state index contributed by atoms with van der Waals surface area (Å²) in [6.07, 6.45) is 23.9. The first-order valence-corrected chi connectivity index (χ1v) is 13.5. The van der Waals surface area contributed by atoms with E-state index in [0.29, 0.717) is 0 Å². The normalized spacial score (nSPS) is 48.8. The minimum atomic E-state index is 0.869. The molecule has 5 saturated carbocycles. The van der Waals surface area contributed by atoms with Crippen molar-refractivity contribution in [1.82, 2.24) is 0 Å². The summed E-state index contributed by atoms with van der Waals surface area (Å²) in [4.78, 5) is 0. The number of hydrogen-bond acceptors (Lipinski definition) is 0. The predicted molar refractivity (Wildman–Crippen MR) is 131 cm³/mol. The monoisotopic (exact) mass is 408 g/mol. The Hall–Kier alpha value is -0.780. The van der Waals surface area contributed by atoms with Gasteiger partial charge in [0.05, 0.1) is 0 Å². The molecule has 6 bridgehead atoms. The van der Waals surface area contributed by atoms with Crippen LogP contribution in [0.1, 0.15) is 85.0 Å². The summed E-state index contributed by atoms with van der Waals surface area (Å²) in [6, 6.07) is 0. The molecular weight excluding hydrogens is 360 g/mol. The Kier molecular flexibility index (Phi) is 7.31. The van der Waals surface area contributed by atoms with Gasteiger partial charge in [0.2, 0.25) is 0 Å². The fraction of sp³-hybridized carbons (Fsp3) is 0.800. The van der Waals surface area contributed by atoms with E-state index in [1.54, 1.807) is 0 Å². The summed E-state index contributed by atoms with van der Waals surface area (Å²) in [6.45, 7) is 14.9. The molecule has 6 aliphatic rings. The number of rotatable bonds is 4. The number of hydrogen-bond donors (Lipinski definition) is 0. The maximum atomic E-state index is 3.90. The van der Waals surface area contributed by atoms with Crippen LogP contribution in [-0.4, -0.2) is 0 Å². The van der Waals surface area contributed by atoms with E-state index in [4.69, 9.17) is 0 Å². The Bertz CT molecular complexity index is 612. The molecule has 30 heavy (non-hydrogen) atoms. The molecule has 0 radical (unpaired) electrons. The highest BCUT2D eigenvalue weighted by molar-refractivity contribution is 5.09. The van der Waals surface area contributed by atoms with Crippen LogP contribution >= 0.6 is 0 Å². The molecule has 0 aromatic carbocycles. The molecule has 0 aliphatic heterocycles. The molecule has 0 saturated heterocycles. The summed E-state index contributed by atoms with van der Waals surface area (Å²) in [5.41, 5.74) is 0. The smallest absolute Gasteiger partial charge is 0.0199 e. The quantitative estimate of drug-likeness (QED) is 0.408. The molecule has 0 amide bonds. The summed E-state index contributed by atoms with van der Waals surface area (Å²) < 4.78 is 0. The molecule has 6 aliphatic carbocycles. The van der Waals surface area contributed by atoms with Crippen LogP contribution in [0.5, 0.6) is 0 Å². The van der Waals surface area contributed by atoms with E-state index in [-0.39, 0.29) is 0 Å². The summed E-state index contributed by atoms with van der Waals surface area (Å²) in [5.74, 6) is 10.9. The lowest BCUT2D eigenvalue weighted by atomic mass is 9.82. The van der Waals surface area contributed by atoms with Crippen LogP contribution in [0, 0.1) is 65.1 Å². The molecule has 9 unspecified atom stereocenters. The number of allylic oxidation sites excluding steroid dienone is 4. The minimum Gasteiger partial charge on any atom is -0.103 e. The van der Waals surface area contributed by atoms with Gasteiger partial charge < -0.3 is 0 Å². The lowest BCUT2D eigenvalue weighted by Crippen LogP contribution is -2.15. The van der Waals surface area contributed by atoms with Gasteiger partial charge in [-0.2, -0.15) is 0 Å². The molecule has 0 spiro atoms. The lowest BCUT2D eigenvalue weighted by molar-refractivity contribution is 0.297. The SMILES string of the molecule is C=CC1CC2CC1C[C@H]2C.C=CC1CC2CC1[C@@H](C)C2.CCCC1CC2C=CC1C2. The zero-order chi connectivity index (χ0) is 21.3. The van der Waals surface area contributed by atoms with E-state index in [1.807, 2.05) is 0 Å². The van der Waals surface area contributed by atoms with E-state index >= 15 is 0 Å². The molecule has 0 aromatic rings. The predicted octanol–water partition coefficient (Wildman–Crippen LogP) is 8.71. The molecule has 11 atom stereocenters. The summed E-state index contributed by atoms with van der Waals surface area (Å²) in [5, 5.41) is 0. The van der Waals surface area contributed by atoms with E-state index in [2.05, 4.69) is 58.2 Å². The largest absolute Gasteiger partial charge is 0.103 e. The van der Waals surface area contributed by atoms with Gasteiger partial charge in [0.15, 0.2) is 0 Å². The Morgan fingerprint density at radius 3 is 2.00 bits per heavy atom. The van der Waals surface area contributed by atoms with Crippen LogP contribution in [0.3, 0.4) is 0 Å². The average Bonchev–Trinajstić information content (AvgIpc) is 3.55. The Morgan fingerprint density at radius 1 is 0.767 bits per heavy atom. The fourth-order valence-corrected chi connectivity index (χ4v) is 8.53. The van der Waals surface area contributed by atoms with Crippen molar-refractivity contribution >= 4 is 0 Å². The van der Waals surface area contributed by atoms with Gasteiger partial charge in [-0.05, 0) is 116 Å². The van der Waals surface area contributed by atoms with Crippen LogP contribution in [0.15, 0.2) is 37.5 Å². The van der Waals surface area contributed by atoms with Crippen molar-refractivity contribution in [2.45, 2.75) is 85.0 Å². The second-order valence-electron chi connectivity index (χ2n) is 12.0. The van der Waals surface area contributed by atoms with Gasteiger partial charge in [-0.3, -0.25) is 0 Å². The van der Waals surface area contributed by atoms with Gasteiger partial charge in [-0.15, -0.1) is 13.2 Å². The van der Waals surface area contributed by atoms with Crippen LogP contribution in [0.2, 0.25) is 0 Å². The molecule has 0 aromatic heterocycles. The third-order valence-corrected chi connectivity index (χ3v) is 10.1. The molecule has 0 heteroatoms. The standard InChI is InChI=1S/3C10H16/c1-3-9-5-8-4-7(2)10(9)6-8;1-3-8-5-9-6-10(8)4-7(9)2;1-2-3-9-6-8-4-5-10(9)7-8/h2*3,7-10H,1,4-6H2,2H3;4-5,8-10H,2-3,6-7H2,1H3/t2*7-,8?,9?,10?;/m01./s1. The maximum Gasteiger partial charge on any atom is -0.0199 e. The Balaban J connectivity index is 0.000000109. The first kappa shape index (κ1) is 22.4. The molecule has 0 nitrogen and oxygen atoms in total. The van der Waals surface area contributed by atoms with Gasteiger partial charge in [0.1, 0.15) is 0 Å². The minimum absolute atomic E-state index is 0.869. The zero-order valence-electron chi connectivity index (χ0n) is 20.1. The summed E-state index contributed by atoms with van der Waals surface area (Å²) >= 11 is 0. The van der Waals surface area contributed by atoms with Crippen molar-refractivity contribution in [2.24, 2.45) is 65.1 Å². The topological polar surface area (TPSA) is 0 Å². The van der Waals surface area contributed by atoms with Crippen LogP contribution in [0.25, 0.3) is 0 Å². The van der Waals surface area contributed by atoms with Gasteiger partial charge in [-0.1, -0.05) is 57.9 Å². The Labute approximate surface area is 187 Å². The molecule has 0 heterocycles. The van der Waals surface area contributed by atoms with E-state index in [9.17, 15) is 0 Å². The maximum absolute atomic E-state index is 3.90. The van der Waals surface area contributed by atoms with Gasteiger partial charge in [0.25, 0.3) is 0 Å². The van der Waals surface area contributed by atoms with Crippen molar-refractivity contribution in [3.8, 4) is 0 Å². The second-order valence-corrected chi connectivity index (χ2v) is 12.0. The third kappa shape index (κ3) is 4.68. The zero-order valence-corrected chi connectivity index (χ0v) is 20.1. The number of fused-ring (bicyclic) bond motifs is 6. The van der Waals surface area contributed by atoms with Crippen LogP contribution in [-0.2, 0) is 0 Å². The molecule has 168 valence electrons. The average molecular weight is 409 g/mol. The van der Waals surface area contributed by atoms with Crippen molar-refractivity contribution in [2.75, 3.05) is 0 Å². The van der Waals surface area contributed by atoms with Gasteiger partial charge >= 0.3 is 0 Å². The Morgan fingerprint density at radius 2 is 1.57 bits per heavy atom. The van der Waals surface area contributed by atoms with E-state index in [0.717, 1.165) is 65.1 Å². The van der Waals surface area contributed by atoms with Crippen LogP contribution in [0.4, 0.5) is 0 Å². The summed E-state index contributed by atoms with van der Waals surface area (Å²) in [7, 11) is 0. The van der Waals surface area contributed by atoms with Gasteiger partial charge in [0, 0.05) is 0 Å². The van der Waals surface area contributed by atoms with E-state index < -0.39 is 0 Å². The molecule has 5 fully saturated rings.